The summed E-state index contributed by atoms with van der Waals surface area (Å²) in [6.07, 6.45) is 1.74. The Morgan fingerprint density at radius 2 is 2.38 bits per heavy atom. The number of pyridine rings is 1. The molecule has 1 heterocycles. The van der Waals surface area contributed by atoms with E-state index in [9.17, 15) is 4.79 Å². The molecule has 0 bridgehead atoms. The Kier molecular flexibility index (Phi) is 5.35. The number of carboxylic acids is 1. The topological polar surface area (TPSA) is 86.1 Å². The molecule has 0 unspecified atom stereocenters. The van der Waals surface area contributed by atoms with Crippen molar-refractivity contribution >= 4 is 23.6 Å². The Balaban J connectivity index is 2.09. The van der Waals surface area contributed by atoms with Gasteiger partial charge in [0.1, 0.15) is 0 Å². The second kappa shape index (κ2) is 6.84. The van der Waals surface area contributed by atoms with E-state index in [0.717, 1.165) is 17.2 Å². The maximum absolute atomic E-state index is 10.3. The summed E-state index contributed by atoms with van der Waals surface area (Å²) in [7, 11) is 0. The van der Waals surface area contributed by atoms with Crippen LogP contribution < -0.4 is 5.32 Å². The summed E-state index contributed by atoms with van der Waals surface area (Å²) in [4.78, 5) is 14.4. The lowest BCUT2D eigenvalue weighted by molar-refractivity contribution is -0.129. The van der Waals surface area contributed by atoms with Gasteiger partial charge in [-0.2, -0.15) is 11.8 Å². The number of amidine groups is 1. The molecule has 0 saturated carbocycles. The summed E-state index contributed by atoms with van der Waals surface area (Å²) in [6, 6.07) is 5.74. The maximum Gasteiger partial charge on any atom is 0.370 e. The second-order valence-electron chi connectivity index (χ2n) is 2.98. The van der Waals surface area contributed by atoms with Crippen LogP contribution >= 0.6 is 11.8 Å². The first-order valence-electron chi connectivity index (χ1n) is 4.73. The van der Waals surface area contributed by atoms with Crippen LogP contribution in [0.25, 0.3) is 0 Å². The lowest BCUT2D eigenvalue weighted by Gasteiger charge is -2.03. The molecule has 1 aromatic heterocycles. The lowest BCUT2D eigenvalue weighted by Crippen LogP contribution is -2.31. The minimum atomic E-state index is -1.23. The van der Waals surface area contributed by atoms with Gasteiger partial charge in [0.15, 0.2) is 0 Å². The van der Waals surface area contributed by atoms with Crippen molar-refractivity contribution in [1.82, 2.24) is 10.3 Å². The van der Waals surface area contributed by atoms with Gasteiger partial charge in [-0.1, -0.05) is 6.07 Å². The zero-order valence-corrected chi connectivity index (χ0v) is 9.46. The number of rotatable bonds is 5. The van der Waals surface area contributed by atoms with Crippen molar-refractivity contribution in [3.63, 3.8) is 0 Å². The number of aliphatic carboxylic acids is 1. The van der Waals surface area contributed by atoms with Gasteiger partial charge in [0, 0.05) is 24.2 Å². The number of nitrogens with one attached hydrogen (secondary N) is 2. The highest BCUT2D eigenvalue weighted by Crippen LogP contribution is 2.07. The van der Waals surface area contributed by atoms with E-state index in [1.807, 2.05) is 18.2 Å². The molecule has 6 heteroatoms. The predicted octanol–water partition coefficient (Wildman–Crippen LogP) is 0.966. The molecule has 0 aliphatic heterocycles. The van der Waals surface area contributed by atoms with Gasteiger partial charge >= 0.3 is 5.97 Å². The van der Waals surface area contributed by atoms with Gasteiger partial charge in [-0.15, -0.1) is 0 Å². The molecule has 0 saturated heterocycles. The molecule has 5 nitrogen and oxygen atoms in total. The zero-order valence-electron chi connectivity index (χ0n) is 8.64. The van der Waals surface area contributed by atoms with E-state index < -0.39 is 11.8 Å². The molecule has 0 radical (unpaired) electrons. The van der Waals surface area contributed by atoms with E-state index in [1.165, 1.54) is 0 Å². The van der Waals surface area contributed by atoms with Crippen molar-refractivity contribution in [2.45, 2.75) is 5.75 Å². The Labute approximate surface area is 97.8 Å². The number of aromatic nitrogens is 1. The quantitative estimate of drug-likeness (QED) is 0.405. The first kappa shape index (κ1) is 12.5. The molecule has 1 rings (SSSR count). The zero-order chi connectivity index (χ0) is 11.8. The summed E-state index contributed by atoms with van der Waals surface area (Å²) in [5.41, 5.74) is 1.00. The van der Waals surface area contributed by atoms with Crippen molar-refractivity contribution in [2.24, 2.45) is 0 Å². The number of nitrogens with zero attached hydrogens (tertiary/aromatic N) is 1. The minimum absolute atomic E-state index is 0.460. The van der Waals surface area contributed by atoms with Crippen molar-refractivity contribution in [3.05, 3.63) is 30.1 Å². The Morgan fingerprint density at radius 3 is 3.00 bits per heavy atom. The van der Waals surface area contributed by atoms with E-state index in [-0.39, 0.29) is 0 Å². The molecule has 3 N–H and O–H groups in total. The van der Waals surface area contributed by atoms with Crippen LogP contribution in [0, 0.1) is 5.41 Å². The molecular formula is C10H13N3O2S. The lowest BCUT2D eigenvalue weighted by atomic mass is 10.4. The normalized spacial score (nSPS) is 9.75. The third kappa shape index (κ3) is 4.79. The first-order valence-corrected chi connectivity index (χ1v) is 5.89. The summed E-state index contributed by atoms with van der Waals surface area (Å²) in [5, 5.41) is 17.9. The van der Waals surface area contributed by atoms with Gasteiger partial charge in [0.05, 0.1) is 5.69 Å². The monoisotopic (exact) mass is 239 g/mol. The summed E-state index contributed by atoms with van der Waals surface area (Å²) >= 11 is 1.65. The summed E-state index contributed by atoms with van der Waals surface area (Å²) in [5.74, 6) is -0.150. The number of hydrogen-bond donors (Lipinski definition) is 3. The van der Waals surface area contributed by atoms with Crippen molar-refractivity contribution in [1.29, 1.82) is 5.41 Å². The average molecular weight is 239 g/mol. The van der Waals surface area contributed by atoms with Gasteiger partial charge in [0.25, 0.3) is 0 Å². The van der Waals surface area contributed by atoms with Gasteiger partial charge < -0.3 is 10.4 Å². The SMILES string of the molecule is N=C(NCCSCc1ccccn1)C(=O)O. The van der Waals surface area contributed by atoms with E-state index in [1.54, 1.807) is 18.0 Å². The second-order valence-corrected chi connectivity index (χ2v) is 4.09. The van der Waals surface area contributed by atoms with Gasteiger partial charge in [0.2, 0.25) is 5.84 Å². The molecular weight excluding hydrogens is 226 g/mol. The number of carbonyl (C=O) groups is 1. The molecule has 0 atom stereocenters. The van der Waals surface area contributed by atoms with Crippen LogP contribution in [-0.4, -0.2) is 34.2 Å². The van der Waals surface area contributed by atoms with Crippen molar-refractivity contribution < 1.29 is 9.90 Å². The van der Waals surface area contributed by atoms with Crippen molar-refractivity contribution in [2.75, 3.05) is 12.3 Å². The predicted molar refractivity (Wildman–Crippen MR) is 63.8 cm³/mol. The van der Waals surface area contributed by atoms with Crippen LogP contribution in [0.15, 0.2) is 24.4 Å². The van der Waals surface area contributed by atoms with Crippen LogP contribution in [0.4, 0.5) is 0 Å². The summed E-state index contributed by atoms with van der Waals surface area (Å²) in [6.45, 7) is 0.475. The number of carboxylic acid groups (broad SMARTS) is 1. The van der Waals surface area contributed by atoms with E-state index in [0.29, 0.717) is 6.54 Å². The molecule has 0 aliphatic rings. The smallest absolute Gasteiger partial charge is 0.370 e. The van der Waals surface area contributed by atoms with Gasteiger partial charge in [-0.3, -0.25) is 10.4 Å². The molecule has 0 aliphatic carbocycles. The minimum Gasteiger partial charge on any atom is -0.475 e. The Bertz CT molecular complexity index is 356. The summed E-state index contributed by atoms with van der Waals surface area (Å²) < 4.78 is 0. The standard InChI is InChI=1S/C10H13N3O2S/c11-9(10(14)15)13-5-6-16-7-8-3-1-2-4-12-8/h1-4H,5-7H2,(H2,11,13)(H,14,15). The first-order chi connectivity index (χ1) is 7.70. The van der Waals surface area contributed by atoms with Crippen LogP contribution in [0.2, 0.25) is 0 Å². The Morgan fingerprint density at radius 1 is 1.56 bits per heavy atom. The fourth-order valence-corrected chi connectivity index (χ4v) is 1.75. The molecule has 0 amide bonds. The molecule has 0 aromatic carbocycles. The maximum atomic E-state index is 10.3. The highest BCUT2D eigenvalue weighted by Gasteiger charge is 2.03. The van der Waals surface area contributed by atoms with Crippen LogP contribution in [0.5, 0.6) is 0 Å². The van der Waals surface area contributed by atoms with E-state index in [4.69, 9.17) is 10.5 Å². The van der Waals surface area contributed by atoms with Crippen molar-refractivity contribution in [3.8, 4) is 0 Å². The molecule has 0 spiro atoms. The molecule has 16 heavy (non-hydrogen) atoms. The highest BCUT2D eigenvalue weighted by atomic mass is 32.2. The number of hydrogen-bond acceptors (Lipinski definition) is 4. The van der Waals surface area contributed by atoms with Gasteiger partial charge in [-0.05, 0) is 12.1 Å². The third-order valence-corrected chi connectivity index (χ3v) is 2.73. The van der Waals surface area contributed by atoms with E-state index in [2.05, 4.69) is 10.3 Å². The third-order valence-electron chi connectivity index (χ3n) is 1.74. The van der Waals surface area contributed by atoms with Gasteiger partial charge in [-0.25, -0.2) is 4.79 Å². The molecule has 86 valence electrons. The van der Waals surface area contributed by atoms with Crippen LogP contribution in [0.1, 0.15) is 5.69 Å². The van der Waals surface area contributed by atoms with Crippen LogP contribution in [0.3, 0.4) is 0 Å². The van der Waals surface area contributed by atoms with E-state index >= 15 is 0 Å². The Hall–Kier alpha value is -1.56. The largest absolute Gasteiger partial charge is 0.475 e. The number of thioether (sulfide) groups is 1. The van der Waals surface area contributed by atoms with Crippen LogP contribution in [-0.2, 0) is 10.5 Å². The highest BCUT2D eigenvalue weighted by molar-refractivity contribution is 7.98. The fraction of sp³-hybridized carbons (Fsp3) is 0.300. The molecule has 1 aromatic rings. The molecule has 0 fully saturated rings. The fourth-order valence-electron chi connectivity index (χ4n) is 0.984. The average Bonchev–Trinajstić information content (AvgIpc) is 2.29.